The number of hydrogen-bond acceptors (Lipinski definition) is 3. The maximum Gasteiger partial charge on any atom is 0.198 e. The van der Waals surface area contributed by atoms with Gasteiger partial charge in [-0.25, -0.2) is 0 Å². The number of carbonyl (C=O) groups is 2. The van der Waals surface area contributed by atoms with Gasteiger partial charge in [0.2, 0.25) is 0 Å². The first kappa shape index (κ1) is 9.73. The fourth-order valence-corrected chi connectivity index (χ4v) is 2.47. The molecule has 0 bridgehead atoms. The molecule has 0 radical (unpaired) electrons. The molecule has 82 valence electrons. The zero-order chi connectivity index (χ0) is 11.5. The normalized spacial score (nSPS) is 31.0. The van der Waals surface area contributed by atoms with Gasteiger partial charge in [0.1, 0.15) is 0 Å². The van der Waals surface area contributed by atoms with Crippen LogP contribution in [0.4, 0.5) is 0 Å². The van der Waals surface area contributed by atoms with E-state index in [1.807, 2.05) is 19.9 Å². The van der Waals surface area contributed by atoms with Crippen molar-refractivity contribution in [2.45, 2.75) is 32.0 Å². The average molecular weight is 216 g/mol. The van der Waals surface area contributed by atoms with Gasteiger partial charge in [0.15, 0.2) is 23.3 Å². The summed E-state index contributed by atoms with van der Waals surface area (Å²) in [5, 5.41) is 0. The molecule has 2 unspecified atom stereocenters. The highest BCUT2D eigenvalue weighted by atomic mass is 16.6. The van der Waals surface area contributed by atoms with Gasteiger partial charge in [0.25, 0.3) is 0 Å². The monoisotopic (exact) mass is 216 g/mol. The maximum absolute atomic E-state index is 12.2. The van der Waals surface area contributed by atoms with Crippen LogP contribution in [0.1, 0.15) is 39.6 Å². The molecule has 3 rings (SSSR count). The second-order valence-electron chi connectivity index (χ2n) is 4.48. The molecule has 0 aromatic heterocycles. The molecule has 1 aromatic rings. The Hall–Kier alpha value is -1.48. The molecule has 1 fully saturated rings. The van der Waals surface area contributed by atoms with E-state index in [2.05, 4.69) is 0 Å². The molecule has 2 aliphatic rings. The van der Waals surface area contributed by atoms with Crippen molar-refractivity contribution in [3.63, 3.8) is 0 Å². The molecule has 1 saturated heterocycles. The zero-order valence-electron chi connectivity index (χ0n) is 9.24. The summed E-state index contributed by atoms with van der Waals surface area (Å²) in [7, 11) is 0. The van der Waals surface area contributed by atoms with Crippen molar-refractivity contribution < 1.29 is 14.3 Å². The zero-order valence-corrected chi connectivity index (χ0v) is 9.24. The van der Waals surface area contributed by atoms with E-state index in [4.69, 9.17) is 4.74 Å². The van der Waals surface area contributed by atoms with Crippen LogP contribution in [0.5, 0.6) is 0 Å². The van der Waals surface area contributed by atoms with E-state index in [-0.39, 0.29) is 11.6 Å². The second kappa shape index (κ2) is 2.80. The first-order valence-corrected chi connectivity index (χ1v) is 5.47. The third-order valence-electron chi connectivity index (χ3n) is 3.53. The number of ketones is 2. The van der Waals surface area contributed by atoms with Gasteiger partial charge < -0.3 is 4.74 Å². The fourth-order valence-electron chi connectivity index (χ4n) is 2.47. The summed E-state index contributed by atoms with van der Waals surface area (Å²) < 4.78 is 5.36. The van der Waals surface area contributed by atoms with Gasteiger partial charge in [0, 0.05) is 11.1 Å². The Morgan fingerprint density at radius 2 is 2.06 bits per heavy atom. The standard InChI is InChI=1S/C13H12O3/c1-3-13-11(15)8-5-4-7(2)6-9(8)10(14)12(13)16-13/h4-6,12H,3H2,1-2H3. The van der Waals surface area contributed by atoms with E-state index in [9.17, 15) is 9.59 Å². The average Bonchev–Trinajstić information content (AvgIpc) is 3.02. The number of fused-ring (bicyclic) bond motifs is 2. The largest absolute Gasteiger partial charge is 0.349 e. The van der Waals surface area contributed by atoms with Gasteiger partial charge in [-0.15, -0.1) is 0 Å². The van der Waals surface area contributed by atoms with Crippen molar-refractivity contribution in [2.75, 3.05) is 0 Å². The van der Waals surface area contributed by atoms with Crippen molar-refractivity contribution in [1.82, 2.24) is 0 Å². The van der Waals surface area contributed by atoms with Gasteiger partial charge in [-0.1, -0.05) is 24.6 Å². The van der Waals surface area contributed by atoms with Crippen molar-refractivity contribution in [1.29, 1.82) is 0 Å². The summed E-state index contributed by atoms with van der Waals surface area (Å²) in [6.07, 6.45) is 0.0366. The molecule has 1 aliphatic heterocycles. The number of rotatable bonds is 1. The number of aryl methyl sites for hydroxylation is 1. The molecule has 0 amide bonds. The number of epoxide rings is 1. The van der Waals surface area contributed by atoms with E-state index in [1.165, 1.54) is 0 Å². The van der Waals surface area contributed by atoms with Gasteiger partial charge in [-0.2, -0.15) is 0 Å². The molecular weight excluding hydrogens is 204 g/mol. The SMILES string of the molecule is CCC12OC1C(=O)c1cc(C)ccc1C2=O. The molecule has 1 heterocycles. The number of carbonyl (C=O) groups excluding carboxylic acids is 2. The summed E-state index contributed by atoms with van der Waals surface area (Å²) in [6, 6.07) is 5.37. The quantitative estimate of drug-likeness (QED) is 0.674. The molecule has 0 N–H and O–H groups in total. The summed E-state index contributed by atoms with van der Waals surface area (Å²) in [5.41, 5.74) is 1.20. The first-order valence-electron chi connectivity index (χ1n) is 5.47. The molecule has 16 heavy (non-hydrogen) atoms. The van der Waals surface area contributed by atoms with Gasteiger partial charge in [0.05, 0.1) is 0 Å². The van der Waals surface area contributed by atoms with Gasteiger partial charge >= 0.3 is 0 Å². The number of benzene rings is 1. The minimum absolute atomic E-state index is 0.0328. The van der Waals surface area contributed by atoms with Crippen LogP contribution in [-0.2, 0) is 4.74 Å². The minimum Gasteiger partial charge on any atom is -0.349 e. The topological polar surface area (TPSA) is 46.7 Å². The predicted octanol–water partition coefficient (Wildman–Crippen LogP) is 1.92. The van der Waals surface area contributed by atoms with Crippen molar-refractivity contribution in [2.24, 2.45) is 0 Å². The van der Waals surface area contributed by atoms with Crippen LogP contribution in [0, 0.1) is 6.92 Å². The lowest BCUT2D eigenvalue weighted by Gasteiger charge is -2.17. The molecule has 2 atom stereocenters. The van der Waals surface area contributed by atoms with Gasteiger partial charge in [-0.3, -0.25) is 9.59 Å². The Kier molecular flexibility index (Phi) is 1.70. The Morgan fingerprint density at radius 1 is 1.31 bits per heavy atom. The Labute approximate surface area is 93.4 Å². The van der Waals surface area contributed by atoms with Crippen LogP contribution in [0.25, 0.3) is 0 Å². The number of ether oxygens (including phenoxy) is 1. The van der Waals surface area contributed by atoms with Crippen LogP contribution < -0.4 is 0 Å². The molecule has 0 spiro atoms. The van der Waals surface area contributed by atoms with Crippen LogP contribution in [0.15, 0.2) is 18.2 Å². The number of Topliss-reactive ketones (excluding diaryl/α,β-unsaturated/α-hetero) is 2. The van der Waals surface area contributed by atoms with E-state index in [0.29, 0.717) is 17.5 Å². The van der Waals surface area contributed by atoms with Crippen LogP contribution in [0.3, 0.4) is 0 Å². The predicted molar refractivity (Wildman–Crippen MR) is 57.7 cm³/mol. The molecule has 1 aromatic carbocycles. The Bertz CT molecular complexity index is 518. The minimum atomic E-state index is -0.834. The van der Waals surface area contributed by atoms with E-state index in [1.54, 1.807) is 12.1 Å². The van der Waals surface area contributed by atoms with Crippen molar-refractivity contribution in [3.8, 4) is 0 Å². The lowest BCUT2D eigenvalue weighted by atomic mass is 9.80. The van der Waals surface area contributed by atoms with Gasteiger partial charge in [-0.05, 0) is 19.4 Å². The van der Waals surface area contributed by atoms with Crippen LogP contribution in [-0.4, -0.2) is 23.3 Å². The summed E-state index contributed by atoms with van der Waals surface area (Å²) in [6.45, 7) is 3.79. The second-order valence-corrected chi connectivity index (χ2v) is 4.48. The van der Waals surface area contributed by atoms with Crippen LogP contribution in [0.2, 0.25) is 0 Å². The third-order valence-corrected chi connectivity index (χ3v) is 3.53. The highest BCUT2D eigenvalue weighted by Gasteiger charge is 2.67. The molecule has 3 heteroatoms. The molecule has 3 nitrogen and oxygen atoms in total. The molecule has 1 aliphatic carbocycles. The summed E-state index contributed by atoms with van der Waals surface area (Å²) in [5.74, 6) is -0.0743. The van der Waals surface area contributed by atoms with Crippen molar-refractivity contribution >= 4 is 11.6 Å². The highest BCUT2D eigenvalue weighted by Crippen LogP contribution is 2.48. The smallest absolute Gasteiger partial charge is 0.198 e. The number of hydrogen-bond donors (Lipinski definition) is 0. The van der Waals surface area contributed by atoms with Crippen molar-refractivity contribution in [3.05, 3.63) is 34.9 Å². The van der Waals surface area contributed by atoms with Crippen LogP contribution >= 0.6 is 0 Å². The third kappa shape index (κ3) is 0.964. The molecular formula is C13H12O3. The first-order chi connectivity index (χ1) is 7.60. The lowest BCUT2D eigenvalue weighted by Crippen LogP contribution is -2.36. The Morgan fingerprint density at radius 3 is 2.75 bits per heavy atom. The fraction of sp³-hybridized carbons (Fsp3) is 0.385. The Balaban J connectivity index is 2.21. The van der Waals surface area contributed by atoms with E-state index in [0.717, 1.165) is 5.56 Å². The maximum atomic E-state index is 12.2. The lowest BCUT2D eigenvalue weighted by molar-refractivity contribution is 0.0857. The summed E-state index contributed by atoms with van der Waals surface area (Å²) in [4.78, 5) is 24.2. The summed E-state index contributed by atoms with van der Waals surface area (Å²) >= 11 is 0. The molecule has 0 saturated carbocycles. The van der Waals surface area contributed by atoms with E-state index < -0.39 is 11.7 Å². The highest BCUT2D eigenvalue weighted by molar-refractivity contribution is 6.22. The van der Waals surface area contributed by atoms with E-state index >= 15 is 0 Å².